The van der Waals surface area contributed by atoms with E-state index in [1.54, 1.807) is 19.6 Å². The first-order valence-electron chi connectivity index (χ1n) is 11.3. The van der Waals surface area contributed by atoms with E-state index in [2.05, 4.69) is 21.3 Å². The summed E-state index contributed by atoms with van der Waals surface area (Å²) >= 11 is 0. The maximum absolute atomic E-state index is 13.5. The Morgan fingerprint density at radius 2 is 2.00 bits per heavy atom. The molecule has 0 atom stereocenters. The maximum atomic E-state index is 13.5. The maximum Gasteiger partial charge on any atom is 0.252 e. The van der Waals surface area contributed by atoms with Gasteiger partial charge in [0.2, 0.25) is 0 Å². The monoisotopic (exact) mass is 435 g/mol. The predicted octanol–water partition coefficient (Wildman–Crippen LogP) is 2.94. The van der Waals surface area contributed by atoms with Crippen molar-refractivity contribution >= 4 is 22.5 Å². The van der Waals surface area contributed by atoms with Crippen molar-refractivity contribution in [3.05, 3.63) is 48.5 Å². The van der Waals surface area contributed by atoms with Crippen molar-refractivity contribution in [1.29, 1.82) is 0 Å². The van der Waals surface area contributed by atoms with Crippen LogP contribution in [-0.2, 0) is 9.47 Å². The van der Waals surface area contributed by atoms with Crippen LogP contribution < -0.4 is 10.2 Å². The zero-order valence-electron chi connectivity index (χ0n) is 18.4. The van der Waals surface area contributed by atoms with E-state index in [0.29, 0.717) is 30.7 Å². The average molecular weight is 436 g/mol. The Bertz CT molecular complexity index is 1070. The molecule has 1 aliphatic carbocycles. The molecule has 1 saturated carbocycles. The predicted molar refractivity (Wildman–Crippen MR) is 122 cm³/mol. The van der Waals surface area contributed by atoms with Gasteiger partial charge in [-0.15, -0.1) is 0 Å². The van der Waals surface area contributed by atoms with Crippen LogP contribution in [0.5, 0.6) is 0 Å². The minimum atomic E-state index is -0.0567. The van der Waals surface area contributed by atoms with E-state index >= 15 is 0 Å². The quantitative estimate of drug-likeness (QED) is 0.664. The molecule has 2 aromatic heterocycles. The summed E-state index contributed by atoms with van der Waals surface area (Å²) in [5.74, 6) is 0.628. The normalized spacial score (nSPS) is 21.6. The van der Waals surface area contributed by atoms with Gasteiger partial charge in [-0.2, -0.15) is 0 Å². The van der Waals surface area contributed by atoms with Gasteiger partial charge < -0.3 is 19.7 Å². The third-order valence-electron chi connectivity index (χ3n) is 6.51. The molecule has 0 unspecified atom stereocenters. The molecule has 0 bridgehead atoms. The molecule has 5 rings (SSSR count). The Morgan fingerprint density at radius 3 is 2.72 bits per heavy atom. The van der Waals surface area contributed by atoms with E-state index in [1.807, 2.05) is 29.0 Å². The lowest BCUT2D eigenvalue weighted by molar-refractivity contribution is 0.0599. The molecule has 8 nitrogen and oxygen atoms in total. The third kappa shape index (κ3) is 4.20. The number of carbonyl (C=O) groups is 1. The number of hydrogen-bond donors (Lipinski definition) is 1. The molecular formula is C24H29N5O3. The molecule has 3 heterocycles. The van der Waals surface area contributed by atoms with E-state index in [4.69, 9.17) is 14.5 Å². The average Bonchev–Trinajstić information content (AvgIpc) is 3.39. The number of nitrogens with one attached hydrogen (secondary N) is 1. The van der Waals surface area contributed by atoms with Gasteiger partial charge in [0.1, 0.15) is 12.1 Å². The van der Waals surface area contributed by atoms with Crippen LogP contribution >= 0.6 is 0 Å². The summed E-state index contributed by atoms with van der Waals surface area (Å²) in [4.78, 5) is 24.8. The van der Waals surface area contributed by atoms with Gasteiger partial charge in [0.05, 0.1) is 36.1 Å². The Morgan fingerprint density at radius 1 is 1.19 bits per heavy atom. The summed E-state index contributed by atoms with van der Waals surface area (Å²) in [6, 6.07) is 8.10. The number of morpholine rings is 1. The van der Waals surface area contributed by atoms with Gasteiger partial charge in [-0.25, -0.2) is 9.97 Å². The largest absolute Gasteiger partial charge is 0.381 e. The number of pyridine rings is 1. The molecule has 1 amide bonds. The molecule has 0 spiro atoms. The standard InChI is InChI=1S/C24H29N5O3/c1-31-18-7-5-17(6-8-18)26-24(30)20-15-22(29-10-9-25-16-29)27-23-19(20)3-2-4-21(23)28-11-13-32-14-12-28/h2-4,9-10,15-18H,5-8,11-14H2,1H3,(H,26,30). The number of aromatic nitrogens is 3. The molecule has 8 heteroatoms. The van der Waals surface area contributed by atoms with Crippen molar-refractivity contribution in [3.8, 4) is 5.82 Å². The minimum absolute atomic E-state index is 0.0567. The summed E-state index contributed by atoms with van der Waals surface area (Å²) in [7, 11) is 1.76. The molecule has 168 valence electrons. The number of ether oxygens (including phenoxy) is 2. The lowest BCUT2D eigenvalue weighted by Crippen LogP contribution is -2.39. The number of carbonyl (C=O) groups excluding carboxylic acids is 1. The fraction of sp³-hybridized carbons (Fsp3) is 0.458. The van der Waals surface area contributed by atoms with E-state index in [-0.39, 0.29) is 11.9 Å². The lowest BCUT2D eigenvalue weighted by Gasteiger charge is -2.30. The van der Waals surface area contributed by atoms with Crippen LogP contribution in [0.1, 0.15) is 36.0 Å². The van der Waals surface area contributed by atoms with Crippen molar-refractivity contribution in [2.75, 3.05) is 38.3 Å². The van der Waals surface area contributed by atoms with Gasteiger partial charge in [0.15, 0.2) is 0 Å². The highest BCUT2D eigenvalue weighted by atomic mass is 16.5. The molecule has 0 radical (unpaired) electrons. The summed E-state index contributed by atoms with van der Waals surface area (Å²) in [5, 5.41) is 4.12. The van der Waals surface area contributed by atoms with Gasteiger partial charge in [-0.1, -0.05) is 12.1 Å². The first-order valence-corrected chi connectivity index (χ1v) is 11.3. The highest BCUT2D eigenvalue weighted by molar-refractivity contribution is 6.09. The third-order valence-corrected chi connectivity index (χ3v) is 6.51. The van der Waals surface area contributed by atoms with E-state index in [0.717, 1.165) is 55.4 Å². The molecule has 32 heavy (non-hydrogen) atoms. The van der Waals surface area contributed by atoms with Gasteiger partial charge >= 0.3 is 0 Å². The van der Waals surface area contributed by atoms with Crippen LogP contribution in [0.25, 0.3) is 16.7 Å². The van der Waals surface area contributed by atoms with Crippen LogP contribution in [0.15, 0.2) is 43.0 Å². The molecule has 1 aliphatic heterocycles. The number of benzene rings is 1. The SMILES string of the molecule is COC1CCC(NC(=O)c2cc(-n3ccnc3)nc3c(N4CCOCC4)cccc23)CC1. The second kappa shape index (κ2) is 9.26. The fourth-order valence-corrected chi connectivity index (χ4v) is 4.70. The van der Waals surface area contributed by atoms with E-state index in [9.17, 15) is 4.79 Å². The van der Waals surface area contributed by atoms with Gasteiger partial charge in [0.25, 0.3) is 5.91 Å². The zero-order chi connectivity index (χ0) is 21.9. The van der Waals surface area contributed by atoms with Crippen LogP contribution in [0.2, 0.25) is 0 Å². The first-order chi connectivity index (χ1) is 15.7. The topological polar surface area (TPSA) is 81.5 Å². The number of para-hydroxylation sites is 1. The van der Waals surface area contributed by atoms with Crippen molar-refractivity contribution < 1.29 is 14.3 Å². The van der Waals surface area contributed by atoms with Crippen LogP contribution in [0.4, 0.5) is 5.69 Å². The number of methoxy groups -OCH3 is 1. The van der Waals surface area contributed by atoms with Crippen molar-refractivity contribution in [2.45, 2.75) is 37.8 Å². The Hall–Kier alpha value is -2.97. The summed E-state index contributed by atoms with van der Waals surface area (Å²) < 4.78 is 12.8. The number of nitrogens with zero attached hydrogens (tertiary/aromatic N) is 4. The number of fused-ring (bicyclic) bond motifs is 1. The molecular weight excluding hydrogens is 406 g/mol. The molecule has 1 aromatic carbocycles. The van der Waals surface area contributed by atoms with Gasteiger partial charge in [-0.3, -0.25) is 9.36 Å². The second-order valence-electron chi connectivity index (χ2n) is 8.45. The summed E-state index contributed by atoms with van der Waals surface area (Å²) in [6.45, 7) is 2.99. The molecule has 1 N–H and O–H groups in total. The van der Waals surface area contributed by atoms with Crippen LogP contribution in [0.3, 0.4) is 0 Å². The van der Waals surface area contributed by atoms with Crippen LogP contribution in [0, 0.1) is 0 Å². The van der Waals surface area contributed by atoms with Crippen molar-refractivity contribution in [1.82, 2.24) is 19.9 Å². The summed E-state index contributed by atoms with van der Waals surface area (Å²) in [5.41, 5.74) is 2.50. The molecule has 3 aromatic rings. The van der Waals surface area contributed by atoms with E-state index < -0.39 is 0 Å². The number of anilines is 1. The van der Waals surface area contributed by atoms with Crippen molar-refractivity contribution in [3.63, 3.8) is 0 Å². The van der Waals surface area contributed by atoms with Crippen molar-refractivity contribution in [2.24, 2.45) is 0 Å². The highest BCUT2D eigenvalue weighted by Crippen LogP contribution is 2.30. The number of amides is 1. The van der Waals surface area contributed by atoms with Crippen LogP contribution in [-0.4, -0.2) is 66.0 Å². The smallest absolute Gasteiger partial charge is 0.252 e. The molecule has 1 saturated heterocycles. The lowest BCUT2D eigenvalue weighted by atomic mass is 9.92. The number of rotatable bonds is 5. The van der Waals surface area contributed by atoms with Gasteiger partial charge in [0, 0.05) is 44.0 Å². The fourth-order valence-electron chi connectivity index (χ4n) is 4.70. The molecule has 2 fully saturated rings. The van der Waals surface area contributed by atoms with E-state index in [1.165, 1.54) is 0 Å². The second-order valence-corrected chi connectivity index (χ2v) is 8.45. The minimum Gasteiger partial charge on any atom is -0.381 e. The highest BCUT2D eigenvalue weighted by Gasteiger charge is 2.25. The Kier molecular flexibility index (Phi) is 6.05. The number of imidazole rings is 1. The first kappa shape index (κ1) is 20.9. The Balaban J connectivity index is 1.53. The number of hydrogen-bond acceptors (Lipinski definition) is 6. The van der Waals surface area contributed by atoms with Gasteiger partial charge in [-0.05, 0) is 37.8 Å². The summed E-state index contributed by atoms with van der Waals surface area (Å²) in [6.07, 6.45) is 9.38. The Labute approximate surface area is 187 Å². The zero-order valence-corrected chi connectivity index (χ0v) is 18.4. The molecule has 2 aliphatic rings.